The second-order valence-corrected chi connectivity index (χ2v) is 6.83. The lowest BCUT2D eigenvalue weighted by Gasteiger charge is -2.30. The molecule has 0 aliphatic carbocycles. The number of rotatable bonds is 4. The first-order chi connectivity index (χ1) is 13.1. The lowest BCUT2D eigenvalue weighted by molar-refractivity contribution is -0.384. The van der Waals surface area contributed by atoms with Gasteiger partial charge in [0.2, 0.25) is 0 Å². The number of para-hydroxylation sites is 1. The van der Waals surface area contributed by atoms with Crippen LogP contribution >= 0.6 is 0 Å². The summed E-state index contributed by atoms with van der Waals surface area (Å²) >= 11 is 0. The van der Waals surface area contributed by atoms with E-state index < -0.39 is 0 Å². The molecule has 6 heteroatoms. The SMILES string of the molecule is O=[N+]([O-])c1ccc([C@H]2c3cccn3CCCN2Cc2ccccc2O)cc1. The fourth-order valence-electron chi connectivity index (χ4n) is 3.83. The van der Waals surface area contributed by atoms with Crippen molar-refractivity contribution in [2.24, 2.45) is 0 Å². The first-order valence-corrected chi connectivity index (χ1v) is 9.04. The number of phenolic OH excluding ortho intramolecular Hbond substituents is 1. The Morgan fingerprint density at radius 3 is 2.56 bits per heavy atom. The molecular formula is C21H21N3O3. The second-order valence-electron chi connectivity index (χ2n) is 6.83. The Morgan fingerprint density at radius 1 is 1.04 bits per heavy atom. The van der Waals surface area contributed by atoms with Gasteiger partial charge in [0.1, 0.15) is 5.75 Å². The summed E-state index contributed by atoms with van der Waals surface area (Å²) in [6.45, 7) is 2.42. The summed E-state index contributed by atoms with van der Waals surface area (Å²) in [5.74, 6) is 0.291. The molecule has 2 heterocycles. The summed E-state index contributed by atoms with van der Waals surface area (Å²) in [4.78, 5) is 13.0. The molecule has 0 unspecified atom stereocenters. The van der Waals surface area contributed by atoms with Gasteiger partial charge >= 0.3 is 0 Å². The highest BCUT2D eigenvalue weighted by Crippen LogP contribution is 2.34. The summed E-state index contributed by atoms with van der Waals surface area (Å²) in [6, 6.07) is 18.3. The van der Waals surface area contributed by atoms with Crippen LogP contribution in [0.3, 0.4) is 0 Å². The topological polar surface area (TPSA) is 71.5 Å². The van der Waals surface area contributed by atoms with Crippen molar-refractivity contribution in [3.8, 4) is 5.75 Å². The van der Waals surface area contributed by atoms with Crippen LogP contribution in [0.2, 0.25) is 0 Å². The zero-order valence-electron chi connectivity index (χ0n) is 14.9. The largest absolute Gasteiger partial charge is 0.508 e. The van der Waals surface area contributed by atoms with Crippen LogP contribution < -0.4 is 0 Å². The van der Waals surface area contributed by atoms with Crippen LogP contribution in [0.5, 0.6) is 5.75 Å². The van der Waals surface area contributed by atoms with E-state index in [1.165, 1.54) is 0 Å². The van der Waals surface area contributed by atoms with Crippen molar-refractivity contribution in [3.63, 3.8) is 0 Å². The Hall–Kier alpha value is -3.12. The normalized spacial score (nSPS) is 17.3. The van der Waals surface area contributed by atoms with Crippen LogP contribution in [-0.4, -0.2) is 26.0 Å². The van der Waals surface area contributed by atoms with E-state index in [4.69, 9.17) is 0 Å². The third-order valence-electron chi connectivity index (χ3n) is 5.14. The van der Waals surface area contributed by atoms with Gasteiger partial charge in [-0.15, -0.1) is 0 Å². The van der Waals surface area contributed by atoms with E-state index >= 15 is 0 Å². The Balaban J connectivity index is 1.74. The summed E-state index contributed by atoms with van der Waals surface area (Å²) < 4.78 is 2.25. The highest BCUT2D eigenvalue weighted by molar-refractivity contribution is 5.38. The van der Waals surface area contributed by atoms with E-state index in [0.29, 0.717) is 12.3 Å². The molecule has 27 heavy (non-hydrogen) atoms. The minimum atomic E-state index is -0.376. The van der Waals surface area contributed by atoms with Crippen molar-refractivity contribution in [1.82, 2.24) is 9.47 Å². The summed E-state index contributed by atoms with van der Waals surface area (Å²) in [5.41, 5.74) is 3.15. The molecule has 4 rings (SSSR count). The maximum atomic E-state index is 11.0. The predicted molar refractivity (Wildman–Crippen MR) is 103 cm³/mol. The molecule has 1 N–H and O–H groups in total. The molecule has 1 aliphatic heterocycles. The maximum Gasteiger partial charge on any atom is 0.269 e. The molecule has 0 saturated carbocycles. The molecular weight excluding hydrogens is 342 g/mol. The van der Waals surface area contributed by atoms with Crippen molar-refractivity contribution < 1.29 is 10.0 Å². The van der Waals surface area contributed by atoms with E-state index in [1.54, 1.807) is 18.2 Å². The number of hydrogen-bond donors (Lipinski definition) is 1. The molecule has 1 atom stereocenters. The summed E-state index contributed by atoms with van der Waals surface area (Å²) in [7, 11) is 0. The van der Waals surface area contributed by atoms with Gasteiger partial charge in [-0.05, 0) is 30.2 Å². The Morgan fingerprint density at radius 2 is 1.81 bits per heavy atom. The van der Waals surface area contributed by atoms with E-state index in [9.17, 15) is 15.2 Å². The Labute approximate surface area is 157 Å². The second kappa shape index (κ2) is 7.25. The van der Waals surface area contributed by atoms with Crippen LogP contribution in [0.4, 0.5) is 5.69 Å². The highest BCUT2D eigenvalue weighted by Gasteiger charge is 2.28. The number of benzene rings is 2. The molecule has 0 radical (unpaired) electrons. The molecule has 0 amide bonds. The molecule has 0 saturated heterocycles. The Kier molecular flexibility index (Phi) is 4.64. The average Bonchev–Trinajstić information content (AvgIpc) is 3.05. The molecule has 0 bridgehead atoms. The smallest absolute Gasteiger partial charge is 0.269 e. The van der Waals surface area contributed by atoms with Gasteiger partial charge in [0.15, 0.2) is 0 Å². The van der Waals surface area contributed by atoms with Crippen LogP contribution in [-0.2, 0) is 13.1 Å². The number of aromatic nitrogens is 1. The van der Waals surface area contributed by atoms with Gasteiger partial charge in [0.25, 0.3) is 5.69 Å². The van der Waals surface area contributed by atoms with Gasteiger partial charge in [-0.1, -0.05) is 30.3 Å². The van der Waals surface area contributed by atoms with E-state index in [2.05, 4.69) is 21.7 Å². The third kappa shape index (κ3) is 3.44. The van der Waals surface area contributed by atoms with Crippen LogP contribution in [0.25, 0.3) is 0 Å². The number of nitro groups is 1. The molecule has 6 nitrogen and oxygen atoms in total. The quantitative estimate of drug-likeness (QED) is 0.560. The molecule has 0 spiro atoms. The molecule has 138 valence electrons. The van der Waals surface area contributed by atoms with Gasteiger partial charge in [-0.3, -0.25) is 15.0 Å². The van der Waals surface area contributed by atoms with E-state index in [1.807, 2.05) is 36.4 Å². The monoisotopic (exact) mass is 363 g/mol. The maximum absolute atomic E-state index is 11.0. The molecule has 1 aromatic heterocycles. The average molecular weight is 363 g/mol. The third-order valence-corrected chi connectivity index (χ3v) is 5.14. The zero-order valence-corrected chi connectivity index (χ0v) is 14.9. The molecule has 3 aromatic rings. The standard InChI is InChI=1S/C21H21N3O3/c25-20-7-2-1-5-17(20)15-23-14-4-13-22-12-3-6-19(22)21(23)16-8-10-18(11-9-16)24(26)27/h1-3,5-12,21,25H,4,13-15H2/t21-/m0/s1. The Bertz CT molecular complexity index is 949. The predicted octanol–water partition coefficient (Wildman–Crippen LogP) is 4.10. The fraction of sp³-hybridized carbons (Fsp3) is 0.238. The van der Waals surface area contributed by atoms with Crippen LogP contribution in [0.15, 0.2) is 66.9 Å². The molecule has 0 fully saturated rings. The summed E-state index contributed by atoms with van der Waals surface area (Å²) in [5, 5.41) is 21.2. The van der Waals surface area contributed by atoms with E-state index in [-0.39, 0.29) is 16.7 Å². The number of nitrogens with zero attached hydrogens (tertiary/aromatic N) is 3. The van der Waals surface area contributed by atoms with Crippen molar-refractivity contribution in [2.75, 3.05) is 6.54 Å². The fourth-order valence-corrected chi connectivity index (χ4v) is 3.83. The minimum absolute atomic E-state index is 0.0251. The van der Waals surface area contributed by atoms with Crippen LogP contribution in [0, 0.1) is 10.1 Å². The van der Waals surface area contributed by atoms with Crippen molar-refractivity contribution in [2.45, 2.75) is 25.6 Å². The number of phenols is 1. The number of aromatic hydroxyl groups is 1. The van der Waals surface area contributed by atoms with Crippen molar-refractivity contribution in [3.05, 3.63) is 93.8 Å². The minimum Gasteiger partial charge on any atom is -0.508 e. The van der Waals surface area contributed by atoms with Gasteiger partial charge in [-0.25, -0.2) is 0 Å². The van der Waals surface area contributed by atoms with Gasteiger partial charge < -0.3 is 9.67 Å². The lowest BCUT2D eigenvalue weighted by atomic mass is 10.0. The van der Waals surface area contributed by atoms with Crippen LogP contribution in [0.1, 0.15) is 29.3 Å². The lowest BCUT2D eigenvalue weighted by Crippen LogP contribution is -2.29. The number of aryl methyl sites for hydroxylation is 1. The first-order valence-electron chi connectivity index (χ1n) is 9.04. The number of hydrogen-bond acceptors (Lipinski definition) is 4. The van der Waals surface area contributed by atoms with Gasteiger partial charge in [0, 0.05) is 49.2 Å². The highest BCUT2D eigenvalue weighted by atomic mass is 16.6. The molecule has 2 aromatic carbocycles. The number of fused-ring (bicyclic) bond motifs is 1. The number of nitro benzene ring substituents is 1. The summed E-state index contributed by atoms with van der Waals surface area (Å²) in [6.07, 6.45) is 3.08. The van der Waals surface area contributed by atoms with E-state index in [0.717, 1.165) is 36.3 Å². The van der Waals surface area contributed by atoms with Gasteiger partial charge in [-0.2, -0.15) is 0 Å². The molecule has 1 aliphatic rings. The van der Waals surface area contributed by atoms with Crippen molar-refractivity contribution in [1.29, 1.82) is 0 Å². The van der Waals surface area contributed by atoms with Gasteiger partial charge in [0.05, 0.1) is 11.0 Å². The zero-order chi connectivity index (χ0) is 18.8. The van der Waals surface area contributed by atoms with Crippen molar-refractivity contribution >= 4 is 5.69 Å². The first kappa shape index (κ1) is 17.3. The number of non-ortho nitro benzene ring substituents is 1.